The Morgan fingerprint density at radius 2 is 1.77 bits per heavy atom. The molecule has 0 radical (unpaired) electrons. The normalized spacial score (nSPS) is 13.6. The van der Waals surface area contributed by atoms with Crippen LogP contribution in [0.3, 0.4) is 0 Å². The van der Waals surface area contributed by atoms with Crippen LogP contribution in [0.2, 0.25) is 0 Å². The molecule has 0 atom stereocenters. The molecular formula is C25H22N10O4S. The number of Topliss-reactive ketones (excluding diaryl/α,β-unsaturated/α-hetero) is 1. The highest BCUT2D eigenvalue weighted by atomic mass is 32.1. The van der Waals surface area contributed by atoms with Gasteiger partial charge in [0.05, 0.1) is 29.8 Å². The predicted molar refractivity (Wildman–Crippen MR) is 143 cm³/mol. The van der Waals surface area contributed by atoms with Crippen LogP contribution in [0.5, 0.6) is 5.75 Å². The fourth-order valence-electron chi connectivity index (χ4n) is 4.60. The minimum atomic E-state index is -0.677. The van der Waals surface area contributed by atoms with E-state index >= 15 is 0 Å². The zero-order valence-electron chi connectivity index (χ0n) is 21.4. The Hall–Kier alpha value is -5.05. The summed E-state index contributed by atoms with van der Waals surface area (Å²) in [5.41, 5.74) is 0.863. The molecule has 1 fully saturated rings. The van der Waals surface area contributed by atoms with Crippen molar-refractivity contribution < 1.29 is 19.1 Å². The van der Waals surface area contributed by atoms with Crippen LogP contribution in [-0.2, 0) is 4.79 Å². The van der Waals surface area contributed by atoms with Crippen LogP contribution in [0, 0.1) is 6.92 Å². The lowest BCUT2D eigenvalue weighted by Gasteiger charge is -2.35. The molecule has 0 unspecified atom stereocenters. The fraction of sp³-hybridized carbons (Fsp3) is 0.240. The van der Waals surface area contributed by atoms with Crippen molar-refractivity contribution in [2.75, 3.05) is 38.2 Å². The molecular weight excluding hydrogens is 536 g/mol. The quantitative estimate of drug-likeness (QED) is 0.227. The average molecular weight is 559 g/mol. The minimum absolute atomic E-state index is 0.171. The first-order valence-corrected chi connectivity index (χ1v) is 13.1. The Morgan fingerprint density at radius 3 is 2.48 bits per heavy atom. The number of ketones is 2. The number of carbonyl (C=O) groups excluding carboxylic acids is 3. The molecule has 40 heavy (non-hydrogen) atoms. The van der Waals surface area contributed by atoms with E-state index in [1.54, 1.807) is 18.5 Å². The number of carbonyl (C=O) groups is 3. The lowest BCUT2D eigenvalue weighted by atomic mass is 10.1. The number of hydrogen-bond acceptors (Lipinski definition) is 12. The zero-order valence-corrected chi connectivity index (χ0v) is 22.3. The molecule has 0 spiro atoms. The molecule has 5 aromatic heterocycles. The second kappa shape index (κ2) is 10.3. The molecule has 1 aliphatic rings. The van der Waals surface area contributed by atoms with Crippen LogP contribution in [-0.4, -0.2) is 95.3 Å². The fourth-order valence-corrected chi connectivity index (χ4v) is 5.18. The maximum Gasteiger partial charge on any atom is 0.295 e. The van der Waals surface area contributed by atoms with Crippen molar-refractivity contribution in [2.45, 2.75) is 6.92 Å². The van der Waals surface area contributed by atoms with E-state index in [4.69, 9.17) is 4.74 Å². The first-order valence-electron chi connectivity index (χ1n) is 12.2. The van der Waals surface area contributed by atoms with Gasteiger partial charge in [0.1, 0.15) is 17.9 Å². The number of hydrogen-bond donors (Lipinski definition) is 1. The minimum Gasteiger partial charge on any atom is -0.494 e. The summed E-state index contributed by atoms with van der Waals surface area (Å²) in [4.78, 5) is 67.4. The van der Waals surface area contributed by atoms with Crippen LogP contribution in [0.4, 0.5) is 5.82 Å². The van der Waals surface area contributed by atoms with Crippen molar-refractivity contribution in [3.05, 3.63) is 64.8 Å². The van der Waals surface area contributed by atoms with E-state index in [1.807, 2.05) is 4.90 Å². The Kier molecular flexibility index (Phi) is 6.47. The van der Waals surface area contributed by atoms with Crippen molar-refractivity contribution in [3.63, 3.8) is 0 Å². The number of pyridine rings is 1. The zero-order chi connectivity index (χ0) is 27.8. The average Bonchev–Trinajstić information content (AvgIpc) is 3.77. The molecule has 15 heteroatoms. The Morgan fingerprint density at radius 1 is 0.975 bits per heavy atom. The third-order valence-corrected chi connectivity index (χ3v) is 7.30. The number of methoxy groups -OCH3 is 1. The lowest BCUT2D eigenvalue weighted by molar-refractivity contribution is -0.126. The van der Waals surface area contributed by atoms with Crippen molar-refractivity contribution >= 4 is 45.5 Å². The summed E-state index contributed by atoms with van der Waals surface area (Å²) in [7, 11) is 1.47. The van der Waals surface area contributed by atoms with Gasteiger partial charge < -0.3 is 19.5 Å². The van der Waals surface area contributed by atoms with Gasteiger partial charge in [0, 0.05) is 56.3 Å². The Bertz CT molecular complexity index is 1740. The highest BCUT2D eigenvalue weighted by molar-refractivity contribution is 7.11. The van der Waals surface area contributed by atoms with Crippen LogP contribution in [0.1, 0.15) is 31.7 Å². The van der Waals surface area contributed by atoms with Gasteiger partial charge in [-0.05, 0) is 6.92 Å². The van der Waals surface area contributed by atoms with Crippen molar-refractivity contribution in [1.29, 1.82) is 0 Å². The summed E-state index contributed by atoms with van der Waals surface area (Å²) < 4.78 is 6.95. The number of ether oxygens (including phenoxy) is 1. The summed E-state index contributed by atoms with van der Waals surface area (Å²) in [5.74, 6) is 0.117. The van der Waals surface area contributed by atoms with Crippen molar-refractivity contribution in [2.24, 2.45) is 0 Å². The second-order valence-corrected chi connectivity index (χ2v) is 9.74. The van der Waals surface area contributed by atoms with E-state index in [0.717, 1.165) is 0 Å². The molecule has 6 heterocycles. The molecule has 14 nitrogen and oxygen atoms in total. The standard InChI is InChI=1S/C25H22N10O4S/c1-14-31-13-35(32-14)23-18-17(16(39-2)12-30-23)15(11-29-18)20(36)25(38)34-8-6-33(7-9-34)22-19(26-3-4-27-22)21(37)24-28-5-10-40-24/h3-5,10-13,29H,6-9H2,1-2H3. The summed E-state index contributed by atoms with van der Waals surface area (Å²) in [6, 6.07) is 0. The van der Waals surface area contributed by atoms with Gasteiger partial charge in [0.25, 0.3) is 11.7 Å². The number of rotatable bonds is 7. The first kappa shape index (κ1) is 25.2. The van der Waals surface area contributed by atoms with E-state index in [0.29, 0.717) is 52.2 Å². The molecule has 202 valence electrons. The van der Waals surface area contributed by atoms with Crippen LogP contribution >= 0.6 is 11.3 Å². The molecule has 1 aliphatic heterocycles. The van der Waals surface area contributed by atoms with Crippen molar-refractivity contribution in [3.8, 4) is 11.6 Å². The molecule has 0 bridgehead atoms. The number of piperazine rings is 1. The van der Waals surface area contributed by atoms with Gasteiger partial charge in [0.2, 0.25) is 5.78 Å². The maximum absolute atomic E-state index is 13.5. The predicted octanol–water partition coefficient (Wildman–Crippen LogP) is 1.47. The van der Waals surface area contributed by atoms with Gasteiger partial charge >= 0.3 is 0 Å². The first-order chi connectivity index (χ1) is 19.5. The molecule has 1 saturated heterocycles. The van der Waals surface area contributed by atoms with Gasteiger partial charge in [-0.3, -0.25) is 14.4 Å². The van der Waals surface area contributed by atoms with Crippen LogP contribution in [0.15, 0.2) is 42.7 Å². The molecule has 0 aliphatic carbocycles. The Labute approximate surface area is 230 Å². The molecule has 6 rings (SSSR count). The number of aromatic nitrogens is 8. The second-order valence-electron chi connectivity index (χ2n) is 8.84. The van der Waals surface area contributed by atoms with E-state index in [-0.39, 0.29) is 30.1 Å². The largest absolute Gasteiger partial charge is 0.494 e. The lowest BCUT2D eigenvalue weighted by Crippen LogP contribution is -2.51. The SMILES string of the molecule is COc1cnc(-n2cnc(C)n2)c2[nH]cc(C(=O)C(=O)N3CCN(c4nccnc4C(=O)c4nccs4)CC3)c12. The number of nitrogens with zero attached hydrogens (tertiary/aromatic N) is 9. The summed E-state index contributed by atoms with van der Waals surface area (Å²) in [5, 5.41) is 6.78. The third-order valence-electron chi connectivity index (χ3n) is 6.52. The number of thiazole rings is 1. The van der Waals surface area contributed by atoms with E-state index in [9.17, 15) is 14.4 Å². The molecule has 1 amide bonds. The van der Waals surface area contributed by atoms with Crippen LogP contribution in [0.25, 0.3) is 16.7 Å². The number of H-pyrrole nitrogens is 1. The highest BCUT2D eigenvalue weighted by Crippen LogP contribution is 2.32. The van der Waals surface area contributed by atoms with E-state index in [1.165, 1.54) is 59.1 Å². The van der Waals surface area contributed by atoms with Gasteiger partial charge in [-0.2, -0.15) is 5.10 Å². The third kappa shape index (κ3) is 4.35. The smallest absolute Gasteiger partial charge is 0.295 e. The number of aromatic amines is 1. The molecule has 0 saturated carbocycles. The monoisotopic (exact) mass is 558 g/mol. The number of anilines is 1. The van der Waals surface area contributed by atoms with Gasteiger partial charge in [-0.25, -0.2) is 29.6 Å². The molecule has 1 N–H and O–H groups in total. The van der Waals surface area contributed by atoms with Gasteiger partial charge in [-0.15, -0.1) is 11.3 Å². The topological polar surface area (TPSA) is 165 Å². The van der Waals surface area contributed by atoms with Crippen LogP contribution < -0.4 is 9.64 Å². The number of aryl methyl sites for hydroxylation is 1. The highest BCUT2D eigenvalue weighted by Gasteiger charge is 2.32. The maximum atomic E-state index is 13.5. The molecule has 0 aromatic carbocycles. The van der Waals surface area contributed by atoms with E-state index in [2.05, 4.69) is 35.0 Å². The Balaban J connectivity index is 1.22. The van der Waals surface area contributed by atoms with E-state index < -0.39 is 11.7 Å². The summed E-state index contributed by atoms with van der Waals surface area (Å²) >= 11 is 1.23. The van der Waals surface area contributed by atoms with Gasteiger partial charge in [0.15, 0.2) is 22.3 Å². The molecule has 5 aromatic rings. The van der Waals surface area contributed by atoms with Crippen molar-refractivity contribution in [1.82, 2.24) is 44.6 Å². The number of amides is 1. The summed E-state index contributed by atoms with van der Waals surface area (Å²) in [6.07, 6.45) is 9.02. The van der Waals surface area contributed by atoms with Gasteiger partial charge in [-0.1, -0.05) is 0 Å². The number of fused-ring (bicyclic) bond motifs is 1. The summed E-state index contributed by atoms with van der Waals surface area (Å²) in [6.45, 7) is 3.01. The number of nitrogens with one attached hydrogen (secondary N) is 1.